The van der Waals surface area contributed by atoms with Gasteiger partial charge in [0.25, 0.3) is 0 Å². The first-order valence-electron chi connectivity index (χ1n) is 7.30. The first kappa shape index (κ1) is 13.3. The predicted molar refractivity (Wildman–Crippen MR) is 86.1 cm³/mol. The third-order valence-electron chi connectivity index (χ3n) is 4.13. The number of anilines is 1. The third kappa shape index (κ3) is 2.60. The fourth-order valence-electron chi connectivity index (χ4n) is 2.73. The maximum Gasteiger partial charge on any atom is 0.225 e. The molecule has 0 bridgehead atoms. The molecule has 4 nitrogen and oxygen atoms in total. The number of carbonyl (C=O) groups is 1. The van der Waals surface area contributed by atoms with Crippen LogP contribution in [0.15, 0.2) is 18.2 Å². The van der Waals surface area contributed by atoms with Gasteiger partial charge in [0.15, 0.2) is 5.13 Å². The van der Waals surface area contributed by atoms with Gasteiger partial charge in [-0.25, -0.2) is 4.98 Å². The number of amides is 1. The van der Waals surface area contributed by atoms with Crippen LogP contribution in [0.25, 0.3) is 10.2 Å². The van der Waals surface area contributed by atoms with Gasteiger partial charge in [0.05, 0.1) is 10.2 Å². The smallest absolute Gasteiger partial charge is 0.225 e. The van der Waals surface area contributed by atoms with E-state index in [1.807, 2.05) is 23.1 Å². The molecule has 1 aromatic heterocycles. The lowest BCUT2D eigenvalue weighted by molar-refractivity contribution is -0.132. The summed E-state index contributed by atoms with van der Waals surface area (Å²) in [6, 6.07) is 5.80. The zero-order valence-electron chi connectivity index (χ0n) is 11.6. The van der Waals surface area contributed by atoms with Gasteiger partial charge in [-0.2, -0.15) is 0 Å². The highest BCUT2D eigenvalue weighted by Gasteiger charge is 2.34. The highest BCUT2D eigenvalue weighted by Crippen LogP contribution is 2.33. The van der Waals surface area contributed by atoms with E-state index >= 15 is 0 Å². The zero-order chi connectivity index (χ0) is 14.4. The molecule has 2 aliphatic rings. The average molecular weight is 322 g/mol. The van der Waals surface area contributed by atoms with Crippen LogP contribution in [0.3, 0.4) is 0 Å². The Morgan fingerprint density at radius 3 is 2.71 bits per heavy atom. The molecule has 0 N–H and O–H groups in total. The van der Waals surface area contributed by atoms with Gasteiger partial charge in [-0.15, -0.1) is 0 Å². The van der Waals surface area contributed by atoms with Crippen LogP contribution in [0.4, 0.5) is 5.13 Å². The van der Waals surface area contributed by atoms with Gasteiger partial charge < -0.3 is 9.80 Å². The van der Waals surface area contributed by atoms with Crippen LogP contribution in [0, 0.1) is 5.92 Å². The molecule has 6 heteroatoms. The van der Waals surface area contributed by atoms with E-state index in [1.54, 1.807) is 11.3 Å². The van der Waals surface area contributed by atoms with E-state index in [2.05, 4.69) is 9.88 Å². The van der Waals surface area contributed by atoms with Crippen molar-refractivity contribution in [1.82, 2.24) is 9.88 Å². The Kier molecular flexibility index (Phi) is 3.27. The van der Waals surface area contributed by atoms with Gasteiger partial charge in [0.1, 0.15) is 0 Å². The van der Waals surface area contributed by atoms with Crippen LogP contribution < -0.4 is 4.90 Å². The van der Waals surface area contributed by atoms with E-state index < -0.39 is 0 Å². The van der Waals surface area contributed by atoms with Crippen LogP contribution in [0.2, 0.25) is 5.02 Å². The summed E-state index contributed by atoms with van der Waals surface area (Å²) in [5.74, 6) is 0.673. The Hall–Kier alpha value is -1.33. The van der Waals surface area contributed by atoms with Crippen molar-refractivity contribution in [2.45, 2.75) is 12.8 Å². The molecule has 0 spiro atoms. The molecule has 1 aliphatic carbocycles. The fourth-order valence-corrected chi connectivity index (χ4v) is 4.02. The molecule has 4 rings (SSSR count). The molecule has 2 fully saturated rings. The summed E-state index contributed by atoms with van der Waals surface area (Å²) in [5, 5.41) is 1.78. The van der Waals surface area contributed by atoms with Crippen LogP contribution in [0.5, 0.6) is 0 Å². The lowest BCUT2D eigenvalue weighted by Gasteiger charge is -2.34. The Morgan fingerprint density at radius 2 is 2.00 bits per heavy atom. The van der Waals surface area contributed by atoms with Crippen molar-refractivity contribution in [2.75, 3.05) is 31.1 Å². The standard InChI is InChI=1S/C15H16ClN3OS/c16-11-3-4-12-13(9-11)21-15(17-12)19-7-5-18(6-8-19)14(20)10-1-2-10/h3-4,9-10H,1-2,5-8H2. The number of aromatic nitrogens is 1. The second-order valence-corrected chi connectivity index (χ2v) is 7.14. The van der Waals surface area contributed by atoms with Crippen LogP contribution in [0.1, 0.15) is 12.8 Å². The quantitative estimate of drug-likeness (QED) is 0.853. The summed E-state index contributed by atoms with van der Waals surface area (Å²) < 4.78 is 1.12. The number of hydrogen-bond donors (Lipinski definition) is 0. The largest absolute Gasteiger partial charge is 0.345 e. The van der Waals surface area contributed by atoms with Crippen molar-refractivity contribution in [3.63, 3.8) is 0 Å². The molecule has 110 valence electrons. The summed E-state index contributed by atoms with van der Waals surface area (Å²) >= 11 is 7.70. The number of fused-ring (bicyclic) bond motifs is 1. The van der Waals surface area contributed by atoms with Crippen LogP contribution in [-0.2, 0) is 4.79 Å². The fraction of sp³-hybridized carbons (Fsp3) is 0.467. The minimum absolute atomic E-state index is 0.321. The molecular weight excluding hydrogens is 306 g/mol. The molecule has 2 aromatic rings. The van der Waals surface area contributed by atoms with E-state index in [0.717, 1.165) is 59.4 Å². The number of hydrogen-bond acceptors (Lipinski definition) is 4. The third-order valence-corrected chi connectivity index (χ3v) is 5.44. The molecule has 2 heterocycles. The molecule has 1 aromatic carbocycles. The van der Waals surface area contributed by atoms with Crippen molar-refractivity contribution in [3.8, 4) is 0 Å². The van der Waals surface area contributed by atoms with E-state index in [9.17, 15) is 4.79 Å². The average Bonchev–Trinajstić information content (AvgIpc) is 3.26. The van der Waals surface area contributed by atoms with Crippen molar-refractivity contribution in [1.29, 1.82) is 0 Å². The van der Waals surface area contributed by atoms with Gasteiger partial charge in [0.2, 0.25) is 5.91 Å². The lowest BCUT2D eigenvalue weighted by Crippen LogP contribution is -2.49. The minimum Gasteiger partial charge on any atom is -0.345 e. The Labute approximate surface area is 132 Å². The normalized spacial score (nSPS) is 19.3. The number of nitrogens with zero attached hydrogens (tertiary/aromatic N) is 3. The zero-order valence-corrected chi connectivity index (χ0v) is 13.2. The van der Waals surface area contributed by atoms with E-state index in [4.69, 9.17) is 11.6 Å². The lowest BCUT2D eigenvalue weighted by atomic mass is 10.3. The Morgan fingerprint density at radius 1 is 1.24 bits per heavy atom. The molecule has 1 saturated heterocycles. The van der Waals surface area contributed by atoms with Crippen molar-refractivity contribution >= 4 is 44.2 Å². The molecule has 21 heavy (non-hydrogen) atoms. The van der Waals surface area contributed by atoms with Crippen molar-refractivity contribution in [3.05, 3.63) is 23.2 Å². The SMILES string of the molecule is O=C(C1CC1)N1CCN(c2nc3ccc(Cl)cc3s2)CC1. The van der Waals surface area contributed by atoms with Gasteiger partial charge >= 0.3 is 0 Å². The van der Waals surface area contributed by atoms with Gasteiger partial charge in [-0.05, 0) is 31.0 Å². The summed E-state index contributed by atoms with van der Waals surface area (Å²) in [4.78, 5) is 21.0. The maximum absolute atomic E-state index is 12.1. The molecule has 1 saturated carbocycles. The first-order valence-corrected chi connectivity index (χ1v) is 8.50. The number of rotatable bonds is 2. The first-order chi connectivity index (χ1) is 10.2. The van der Waals surface area contributed by atoms with E-state index in [1.165, 1.54) is 0 Å². The molecule has 0 unspecified atom stereocenters. The molecular formula is C15H16ClN3OS. The topological polar surface area (TPSA) is 36.4 Å². The van der Waals surface area contributed by atoms with Gasteiger partial charge in [0, 0.05) is 37.1 Å². The minimum atomic E-state index is 0.321. The number of thiazole rings is 1. The monoisotopic (exact) mass is 321 g/mol. The summed E-state index contributed by atoms with van der Waals surface area (Å²) in [6.07, 6.45) is 2.16. The summed E-state index contributed by atoms with van der Waals surface area (Å²) in [6.45, 7) is 3.36. The van der Waals surface area contributed by atoms with Gasteiger partial charge in [-0.3, -0.25) is 4.79 Å². The maximum atomic E-state index is 12.1. The second-order valence-electron chi connectivity index (χ2n) is 5.70. The number of halogens is 1. The number of benzene rings is 1. The van der Waals surface area contributed by atoms with Crippen LogP contribution >= 0.6 is 22.9 Å². The van der Waals surface area contributed by atoms with Crippen LogP contribution in [-0.4, -0.2) is 42.0 Å². The van der Waals surface area contributed by atoms with Gasteiger partial charge in [-0.1, -0.05) is 22.9 Å². The van der Waals surface area contributed by atoms with E-state index in [-0.39, 0.29) is 0 Å². The molecule has 0 atom stereocenters. The summed E-state index contributed by atoms with van der Waals surface area (Å²) in [7, 11) is 0. The van der Waals surface area contributed by atoms with Crippen molar-refractivity contribution in [2.24, 2.45) is 5.92 Å². The molecule has 0 radical (unpaired) electrons. The van der Waals surface area contributed by atoms with E-state index in [0.29, 0.717) is 11.8 Å². The highest BCUT2D eigenvalue weighted by molar-refractivity contribution is 7.22. The second kappa shape index (κ2) is 5.14. The molecule has 1 aliphatic heterocycles. The Bertz CT molecular complexity index is 689. The molecule has 1 amide bonds. The Balaban J connectivity index is 1.48. The summed E-state index contributed by atoms with van der Waals surface area (Å²) in [5.41, 5.74) is 0.996. The van der Waals surface area contributed by atoms with Crippen molar-refractivity contribution < 1.29 is 4.79 Å². The predicted octanol–water partition coefficient (Wildman–Crippen LogP) is 3.01. The number of piperazine rings is 1. The number of carbonyl (C=O) groups excluding carboxylic acids is 1. The highest BCUT2D eigenvalue weighted by atomic mass is 35.5.